The van der Waals surface area contributed by atoms with Crippen LogP contribution in [-0.2, 0) is 16.1 Å². The maximum absolute atomic E-state index is 13.0. The van der Waals surface area contributed by atoms with Gasteiger partial charge in [0.05, 0.1) is 17.1 Å². The van der Waals surface area contributed by atoms with E-state index >= 15 is 0 Å². The minimum absolute atomic E-state index is 0.0384. The number of fused-ring (bicyclic) bond motifs is 1. The number of imidazole rings is 1. The molecule has 1 unspecified atom stereocenters. The first kappa shape index (κ1) is 21.9. The lowest BCUT2D eigenvalue weighted by atomic mass is 9.95. The predicted molar refractivity (Wildman–Crippen MR) is 113 cm³/mol. The topological polar surface area (TPSA) is 67.2 Å². The molecule has 2 rings (SSSR count). The average Bonchev–Trinajstić information content (AvgIpc) is 2.99. The van der Waals surface area contributed by atoms with Crippen molar-refractivity contribution >= 4 is 22.8 Å². The lowest BCUT2D eigenvalue weighted by Gasteiger charge is -2.24. The molecule has 6 heteroatoms. The van der Waals surface area contributed by atoms with Crippen LogP contribution in [0.5, 0.6) is 0 Å². The smallest absolute Gasteiger partial charge is 0.242 e. The SMILES string of the molecule is CCCN(CCC)C(=O)Cn1c(C(C)NC(=O)C(C)(C)C)nc2ccccc21. The van der Waals surface area contributed by atoms with Crippen LogP contribution >= 0.6 is 0 Å². The van der Waals surface area contributed by atoms with E-state index in [0.29, 0.717) is 5.82 Å². The summed E-state index contributed by atoms with van der Waals surface area (Å²) in [6, 6.07) is 7.50. The van der Waals surface area contributed by atoms with Gasteiger partial charge < -0.3 is 14.8 Å². The Hall–Kier alpha value is -2.37. The molecule has 0 aliphatic carbocycles. The molecular weight excluding hydrogens is 352 g/mol. The molecule has 0 radical (unpaired) electrons. The minimum atomic E-state index is -0.486. The molecule has 2 amide bonds. The first-order valence-corrected chi connectivity index (χ1v) is 10.2. The summed E-state index contributed by atoms with van der Waals surface area (Å²) >= 11 is 0. The first-order chi connectivity index (χ1) is 13.2. The Kier molecular flexibility index (Phi) is 7.22. The van der Waals surface area contributed by atoms with Crippen LogP contribution in [0.4, 0.5) is 0 Å². The molecular formula is C22H34N4O2. The zero-order valence-electron chi connectivity index (χ0n) is 18.1. The highest BCUT2D eigenvalue weighted by molar-refractivity contribution is 5.83. The van der Waals surface area contributed by atoms with Gasteiger partial charge in [0.2, 0.25) is 11.8 Å². The lowest BCUT2D eigenvalue weighted by Crippen LogP contribution is -2.38. The normalized spacial score (nSPS) is 12.8. The largest absolute Gasteiger partial charge is 0.346 e. The maximum Gasteiger partial charge on any atom is 0.242 e. The molecule has 1 aromatic carbocycles. The van der Waals surface area contributed by atoms with Crippen molar-refractivity contribution in [3.63, 3.8) is 0 Å². The maximum atomic E-state index is 13.0. The van der Waals surface area contributed by atoms with Gasteiger partial charge in [0.15, 0.2) is 0 Å². The van der Waals surface area contributed by atoms with Gasteiger partial charge in [0, 0.05) is 18.5 Å². The molecule has 1 aromatic heterocycles. The van der Waals surface area contributed by atoms with Gasteiger partial charge in [-0.1, -0.05) is 46.8 Å². The molecule has 154 valence electrons. The third-order valence-corrected chi connectivity index (χ3v) is 4.73. The minimum Gasteiger partial charge on any atom is -0.346 e. The molecule has 0 saturated heterocycles. The Bertz CT molecular complexity index is 814. The fourth-order valence-electron chi connectivity index (χ4n) is 3.20. The van der Waals surface area contributed by atoms with Crippen LogP contribution < -0.4 is 5.32 Å². The molecule has 0 bridgehead atoms. The van der Waals surface area contributed by atoms with Crippen LogP contribution in [0.1, 0.15) is 66.3 Å². The second-order valence-electron chi connectivity index (χ2n) is 8.37. The van der Waals surface area contributed by atoms with Crippen molar-refractivity contribution in [2.45, 2.75) is 67.0 Å². The third kappa shape index (κ3) is 5.12. The van der Waals surface area contributed by atoms with E-state index in [4.69, 9.17) is 4.98 Å². The van der Waals surface area contributed by atoms with E-state index in [1.807, 2.05) is 61.4 Å². The van der Waals surface area contributed by atoms with E-state index in [-0.39, 0.29) is 24.4 Å². The van der Waals surface area contributed by atoms with Gasteiger partial charge in [0.25, 0.3) is 0 Å². The van der Waals surface area contributed by atoms with Crippen LogP contribution in [-0.4, -0.2) is 39.4 Å². The molecule has 1 atom stereocenters. The molecule has 1 heterocycles. The van der Waals surface area contributed by atoms with Crippen molar-refractivity contribution in [2.24, 2.45) is 5.41 Å². The van der Waals surface area contributed by atoms with E-state index in [2.05, 4.69) is 19.2 Å². The number of carbonyl (C=O) groups excluding carboxylic acids is 2. The Morgan fingerprint density at radius 2 is 1.75 bits per heavy atom. The van der Waals surface area contributed by atoms with Gasteiger partial charge in [-0.15, -0.1) is 0 Å². The molecule has 2 aromatic rings. The van der Waals surface area contributed by atoms with Crippen molar-refractivity contribution < 1.29 is 9.59 Å². The van der Waals surface area contributed by atoms with E-state index < -0.39 is 5.41 Å². The van der Waals surface area contributed by atoms with Gasteiger partial charge >= 0.3 is 0 Å². The molecule has 0 aliphatic heterocycles. The van der Waals surface area contributed by atoms with E-state index in [9.17, 15) is 9.59 Å². The number of amides is 2. The van der Waals surface area contributed by atoms with Crippen LogP contribution in [0.2, 0.25) is 0 Å². The number of hydrogen-bond acceptors (Lipinski definition) is 3. The van der Waals surface area contributed by atoms with E-state index in [0.717, 1.165) is 37.0 Å². The Morgan fingerprint density at radius 3 is 2.32 bits per heavy atom. The number of rotatable bonds is 8. The van der Waals surface area contributed by atoms with Crippen LogP contribution in [0.3, 0.4) is 0 Å². The molecule has 0 fully saturated rings. The van der Waals surface area contributed by atoms with E-state index in [1.54, 1.807) is 0 Å². The number of para-hydroxylation sites is 2. The molecule has 0 saturated carbocycles. The van der Waals surface area contributed by atoms with Crippen LogP contribution in [0.15, 0.2) is 24.3 Å². The average molecular weight is 387 g/mol. The number of hydrogen-bond donors (Lipinski definition) is 1. The highest BCUT2D eigenvalue weighted by atomic mass is 16.2. The van der Waals surface area contributed by atoms with Crippen molar-refractivity contribution in [3.05, 3.63) is 30.1 Å². The molecule has 6 nitrogen and oxygen atoms in total. The molecule has 0 spiro atoms. The number of benzene rings is 1. The van der Waals surface area contributed by atoms with Gasteiger partial charge in [0.1, 0.15) is 12.4 Å². The second kappa shape index (κ2) is 9.22. The third-order valence-electron chi connectivity index (χ3n) is 4.73. The standard InChI is InChI=1S/C22H34N4O2/c1-7-13-25(14-8-2)19(27)15-26-18-12-10-9-11-17(18)24-20(26)16(3)23-21(28)22(4,5)6/h9-12,16H,7-8,13-15H2,1-6H3,(H,23,28). The summed E-state index contributed by atoms with van der Waals surface area (Å²) in [5.74, 6) is 0.756. The highest BCUT2D eigenvalue weighted by Gasteiger charge is 2.26. The molecule has 0 aliphatic rings. The number of carbonyl (C=O) groups is 2. The monoisotopic (exact) mass is 386 g/mol. The van der Waals surface area contributed by atoms with Gasteiger partial charge in [-0.05, 0) is 31.9 Å². The lowest BCUT2D eigenvalue weighted by molar-refractivity contribution is -0.131. The Balaban J connectivity index is 2.37. The highest BCUT2D eigenvalue weighted by Crippen LogP contribution is 2.23. The zero-order valence-corrected chi connectivity index (χ0v) is 18.1. The summed E-state index contributed by atoms with van der Waals surface area (Å²) in [4.78, 5) is 32.1. The zero-order chi connectivity index (χ0) is 20.9. The van der Waals surface area contributed by atoms with Gasteiger partial charge in [-0.3, -0.25) is 9.59 Å². The predicted octanol–water partition coefficient (Wildman–Crippen LogP) is 3.91. The van der Waals surface area contributed by atoms with Gasteiger partial charge in [-0.2, -0.15) is 0 Å². The first-order valence-electron chi connectivity index (χ1n) is 10.2. The quantitative estimate of drug-likeness (QED) is 0.748. The summed E-state index contributed by atoms with van der Waals surface area (Å²) in [6.07, 6.45) is 1.86. The van der Waals surface area contributed by atoms with Crippen LogP contribution in [0, 0.1) is 5.41 Å². The summed E-state index contributed by atoms with van der Waals surface area (Å²) in [5, 5.41) is 3.04. The van der Waals surface area contributed by atoms with Crippen LogP contribution in [0.25, 0.3) is 11.0 Å². The number of aromatic nitrogens is 2. The second-order valence-corrected chi connectivity index (χ2v) is 8.37. The van der Waals surface area contributed by atoms with Crippen molar-refractivity contribution in [3.8, 4) is 0 Å². The molecule has 1 N–H and O–H groups in total. The molecule has 28 heavy (non-hydrogen) atoms. The summed E-state index contributed by atoms with van der Waals surface area (Å²) in [5.41, 5.74) is 1.26. The van der Waals surface area contributed by atoms with Crippen molar-refractivity contribution in [1.82, 2.24) is 19.8 Å². The Morgan fingerprint density at radius 1 is 1.14 bits per heavy atom. The summed E-state index contributed by atoms with van der Waals surface area (Å²) in [7, 11) is 0. The summed E-state index contributed by atoms with van der Waals surface area (Å²) in [6.45, 7) is 13.5. The Labute approximate surface area is 168 Å². The van der Waals surface area contributed by atoms with Crippen molar-refractivity contribution in [2.75, 3.05) is 13.1 Å². The fourth-order valence-corrected chi connectivity index (χ4v) is 3.20. The van der Waals surface area contributed by atoms with E-state index in [1.165, 1.54) is 0 Å². The van der Waals surface area contributed by atoms with Crippen molar-refractivity contribution in [1.29, 1.82) is 0 Å². The number of nitrogens with zero attached hydrogens (tertiary/aromatic N) is 3. The summed E-state index contributed by atoms with van der Waals surface area (Å²) < 4.78 is 1.95. The van der Waals surface area contributed by atoms with Gasteiger partial charge in [-0.25, -0.2) is 4.98 Å². The fraction of sp³-hybridized carbons (Fsp3) is 0.591. The number of nitrogens with one attached hydrogen (secondary N) is 1.